The molecule has 2 aromatic rings. The molecule has 0 fully saturated rings. The number of carbonyl (C=O) groups is 1. The second kappa shape index (κ2) is 8.59. The second-order valence-corrected chi connectivity index (χ2v) is 6.46. The number of nitrogens with zero attached hydrogens (tertiary/aromatic N) is 1. The standard InChI is InChI=1S/C16H15BrN2O3S/c17-14-4-2-1-3-12(14)9-23-10-16(22)19-18-8-11-5-6-13(20)7-15(11)21/h1-8,20-21H,9-10H2,(H,19,22). The molecule has 2 rings (SSSR count). The highest BCUT2D eigenvalue weighted by atomic mass is 79.9. The van der Waals surface area contributed by atoms with E-state index in [-0.39, 0.29) is 23.2 Å². The summed E-state index contributed by atoms with van der Waals surface area (Å²) in [5.41, 5.74) is 3.93. The lowest BCUT2D eigenvalue weighted by atomic mass is 10.2. The van der Waals surface area contributed by atoms with Crippen molar-refractivity contribution in [2.24, 2.45) is 5.10 Å². The van der Waals surface area contributed by atoms with E-state index in [4.69, 9.17) is 0 Å². The van der Waals surface area contributed by atoms with Crippen molar-refractivity contribution in [1.82, 2.24) is 5.43 Å². The molecule has 0 spiro atoms. The molecule has 0 atom stereocenters. The fourth-order valence-electron chi connectivity index (χ4n) is 1.72. The van der Waals surface area contributed by atoms with E-state index < -0.39 is 0 Å². The van der Waals surface area contributed by atoms with Crippen LogP contribution in [0, 0.1) is 0 Å². The molecule has 0 saturated carbocycles. The van der Waals surface area contributed by atoms with Gasteiger partial charge in [-0.1, -0.05) is 34.1 Å². The summed E-state index contributed by atoms with van der Waals surface area (Å²) in [4.78, 5) is 11.7. The highest BCUT2D eigenvalue weighted by Crippen LogP contribution is 2.21. The zero-order valence-corrected chi connectivity index (χ0v) is 14.5. The quantitative estimate of drug-likeness (QED) is 0.518. The van der Waals surface area contributed by atoms with Crippen LogP contribution in [0.2, 0.25) is 0 Å². The van der Waals surface area contributed by atoms with E-state index in [1.54, 1.807) is 0 Å². The first-order valence-electron chi connectivity index (χ1n) is 6.71. The van der Waals surface area contributed by atoms with E-state index >= 15 is 0 Å². The van der Waals surface area contributed by atoms with Gasteiger partial charge < -0.3 is 10.2 Å². The van der Waals surface area contributed by atoms with Gasteiger partial charge in [0.25, 0.3) is 0 Å². The molecule has 0 bridgehead atoms. The van der Waals surface area contributed by atoms with Crippen LogP contribution in [0.3, 0.4) is 0 Å². The van der Waals surface area contributed by atoms with E-state index in [9.17, 15) is 15.0 Å². The summed E-state index contributed by atoms with van der Waals surface area (Å²) in [6.07, 6.45) is 1.32. The molecular formula is C16H15BrN2O3S. The van der Waals surface area contributed by atoms with Gasteiger partial charge in [-0.3, -0.25) is 4.79 Å². The zero-order chi connectivity index (χ0) is 16.7. The van der Waals surface area contributed by atoms with Crippen LogP contribution in [-0.4, -0.2) is 28.1 Å². The molecule has 3 N–H and O–H groups in total. The van der Waals surface area contributed by atoms with Gasteiger partial charge in [0.1, 0.15) is 11.5 Å². The number of hydrogen-bond acceptors (Lipinski definition) is 5. The van der Waals surface area contributed by atoms with Gasteiger partial charge in [0.05, 0.1) is 12.0 Å². The number of thioether (sulfide) groups is 1. The molecule has 2 aromatic carbocycles. The number of hydrazone groups is 1. The Balaban J connectivity index is 1.77. The van der Waals surface area contributed by atoms with Gasteiger partial charge in [0.2, 0.25) is 5.91 Å². The van der Waals surface area contributed by atoms with Crippen molar-refractivity contribution in [3.8, 4) is 11.5 Å². The minimum Gasteiger partial charge on any atom is -0.508 e. The number of rotatable bonds is 6. The lowest BCUT2D eigenvalue weighted by Gasteiger charge is -2.04. The number of nitrogens with one attached hydrogen (secondary N) is 1. The third-order valence-electron chi connectivity index (χ3n) is 2.86. The Morgan fingerprint density at radius 1 is 1.26 bits per heavy atom. The van der Waals surface area contributed by atoms with Crippen molar-refractivity contribution in [3.05, 3.63) is 58.1 Å². The zero-order valence-electron chi connectivity index (χ0n) is 12.1. The molecule has 0 unspecified atom stereocenters. The second-order valence-electron chi connectivity index (χ2n) is 4.62. The van der Waals surface area contributed by atoms with Gasteiger partial charge >= 0.3 is 0 Å². The van der Waals surface area contributed by atoms with Crippen LogP contribution < -0.4 is 5.43 Å². The molecule has 0 saturated heterocycles. The topological polar surface area (TPSA) is 81.9 Å². The van der Waals surface area contributed by atoms with Gasteiger partial charge in [-0.2, -0.15) is 5.10 Å². The third kappa shape index (κ3) is 5.61. The number of phenols is 2. The SMILES string of the molecule is O=C(CSCc1ccccc1Br)NN=Cc1ccc(O)cc1O. The Morgan fingerprint density at radius 3 is 2.78 bits per heavy atom. The Bertz CT molecular complexity index is 722. The van der Waals surface area contributed by atoms with Gasteiger partial charge in [0, 0.05) is 21.9 Å². The average Bonchev–Trinajstić information content (AvgIpc) is 2.51. The van der Waals surface area contributed by atoms with Gasteiger partial charge in [-0.25, -0.2) is 5.43 Å². The Kier molecular flexibility index (Phi) is 6.49. The van der Waals surface area contributed by atoms with Crippen LogP contribution in [0.25, 0.3) is 0 Å². The first-order chi connectivity index (χ1) is 11.1. The lowest BCUT2D eigenvalue weighted by molar-refractivity contribution is -0.118. The number of amides is 1. The average molecular weight is 395 g/mol. The first-order valence-corrected chi connectivity index (χ1v) is 8.66. The summed E-state index contributed by atoms with van der Waals surface area (Å²) in [6.45, 7) is 0. The van der Waals surface area contributed by atoms with Crippen molar-refractivity contribution >= 4 is 39.8 Å². The number of hydrogen-bond donors (Lipinski definition) is 3. The normalized spacial score (nSPS) is 10.8. The van der Waals surface area contributed by atoms with Crippen molar-refractivity contribution < 1.29 is 15.0 Å². The van der Waals surface area contributed by atoms with E-state index in [0.29, 0.717) is 5.56 Å². The molecule has 1 amide bonds. The first kappa shape index (κ1) is 17.4. The van der Waals surface area contributed by atoms with Crippen LogP contribution in [0.15, 0.2) is 52.0 Å². The molecule has 0 aliphatic heterocycles. The van der Waals surface area contributed by atoms with Crippen molar-refractivity contribution in [2.75, 3.05) is 5.75 Å². The summed E-state index contributed by atoms with van der Waals surface area (Å²) < 4.78 is 1.02. The molecule has 0 aromatic heterocycles. The predicted octanol–water partition coefficient (Wildman–Crippen LogP) is 3.24. The van der Waals surface area contributed by atoms with Crippen LogP contribution >= 0.6 is 27.7 Å². The van der Waals surface area contributed by atoms with Crippen molar-refractivity contribution in [2.45, 2.75) is 5.75 Å². The number of benzene rings is 2. The monoisotopic (exact) mass is 394 g/mol. The van der Waals surface area contributed by atoms with Crippen molar-refractivity contribution in [1.29, 1.82) is 0 Å². The minimum absolute atomic E-state index is 0.0350. The van der Waals surface area contributed by atoms with Crippen molar-refractivity contribution in [3.63, 3.8) is 0 Å². The van der Waals surface area contributed by atoms with E-state index in [2.05, 4.69) is 26.5 Å². The number of aromatic hydroxyl groups is 2. The Hall–Kier alpha value is -1.99. The molecule has 0 radical (unpaired) electrons. The summed E-state index contributed by atoms with van der Waals surface area (Å²) in [5.74, 6) is 0.632. The molecule has 0 aliphatic carbocycles. The largest absolute Gasteiger partial charge is 0.508 e. The van der Waals surface area contributed by atoms with Crippen LogP contribution in [-0.2, 0) is 10.5 Å². The molecule has 0 heterocycles. The number of carbonyl (C=O) groups excluding carboxylic acids is 1. The van der Waals surface area contributed by atoms with E-state index in [1.165, 1.54) is 36.2 Å². The smallest absolute Gasteiger partial charge is 0.250 e. The van der Waals surface area contributed by atoms with Crippen LogP contribution in [0.4, 0.5) is 0 Å². The fourth-order valence-corrected chi connectivity index (χ4v) is 3.15. The maximum Gasteiger partial charge on any atom is 0.250 e. The van der Waals surface area contributed by atoms with Crippen LogP contribution in [0.1, 0.15) is 11.1 Å². The molecular weight excluding hydrogens is 380 g/mol. The van der Waals surface area contributed by atoms with Crippen LogP contribution in [0.5, 0.6) is 11.5 Å². The minimum atomic E-state index is -0.225. The van der Waals surface area contributed by atoms with Gasteiger partial charge in [-0.05, 0) is 23.8 Å². The third-order valence-corrected chi connectivity index (χ3v) is 4.61. The Morgan fingerprint density at radius 2 is 2.04 bits per heavy atom. The Labute approximate surface area is 146 Å². The van der Waals surface area contributed by atoms with Gasteiger partial charge in [-0.15, -0.1) is 11.8 Å². The maximum atomic E-state index is 11.7. The fraction of sp³-hybridized carbons (Fsp3) is 0.125. The summed E-state index contributed by atoms with van der Waals surface area (Å²) in [5, 5.41) is 22.5. The highest BCUT2D eigenvalue weighted by Gasteiger charge is 2.03. The molecule has 120 valence electrons. The number of halogens is 1. The molecule has 0 aliphatic rings. The molecule has 7 heteroatoms. The summed E-state index contributed by atoms with van der Waals surface area (Å²) >= 11 is 4.95. The van der Waals surface area contributed by atoms with E-state index in [1.807, 2.05) is 24.3 Å². The van der Waals surface area contributed by atoms with Gasteiger partial charge in [0.15, 0.2) is 0 Å². The van der Waals surface area contributed by atoms with E-state index in [0.717, 1.165) is 15.8 Å². The predicted molar refractivity (Wildman–Crippen MR) is 95.8 cm³/mol. The maximum absolute atomic E-state index is 11.7. The summed E-state index contributed by atoms with van der Waals surface area (Å²) in [6, 6.07) is 12.0. The highest BCUT2D eigenvalue weighted by molar-refractivity contribution is 9.10. The lowest BCUT2D eigenvalue weighted by Crippen LogP contribution is -2.19. The number of phenolic OH excluding ortho intramolecular Hbond substituents is 2. The molecule has 23 heavy (non-hydrogen) atoms. The summed E-state index contributed by atoms with van der Waals surface area (Å²) in [7, 11) is 0. The molecule has 5 nitrogen and oxygen atoms in total.